The predicted molar refractivity (Wildman–Crippen MR) is 95.4 cm³/mol. The Bertz CT molecular complexity index is 387. The molecule has 5 nitrogen and oxygen atoms in total. The Morgan fingerprint density at radius 2 is 1.19 bits per heavy atom. The largest absolute Gasteiger partial charge is 0.520 e. The van der Waals surface area contributed by atoms with Crippen LogP contribution < -0.4 is 0 Å². The molecule has 0 aromatic carbocycles. The Hall–Kier alpha value is 0.271. The predicted octanol–water partition coefficient (Wildman–Crippen LogP) is 4.65. The van der Waals surface area contributed by atoms with Gasteiger partial charge in [-0.1, -0.05) is 0 Å². The van der Waals surface area contributed by atoms with E-state index in [1.54, 1.807) is 0 Å². The molecule has 0 heterocycles. The zero-order valence-electron chi connectivity index (χ0n) is 14.9. The first-order valence-electron chi connectivity index (χ1n) is 7.24. The SMILES string of the molecule is C[Si](C)(C)OC(=O)CCP(=O)(O[Si](C)(C)C)O[Si](C)(C)C. The second kappa shape index (κ2) is 7.23. The van der Waals surface area contributed by atoms with Crippen molar-refractivity contribution in [1.82, 2.24) is 0 Å². The highest BCUT2D eigenvalue weighted by Crippen LogP contribution is 2.53. The van der Waals surface area contributed by atoms with Gasteiger partial charge in [-0.2, -0.15) is 0 Å². The van der Waals surface area contributed by atoms with Crippen LogP contribution in [0.3, 0.4) is 0 Å². The summed E-state index contributed by atoms with van der Waals surface area (Å²) in [5.41, 5.74) is 0. The van der Waals surface area contributed by atoms with Gasteiger partial charge in [0.2, 0.25) is 8.32 Å². The van der Waals surface area contributed by atoms with E-state index in [1.165, 1.54) is 0 Å². The Morgan fingerprint density at radius 3 is 1.48 bits per heavy atom. The number of carbonyl (C=O) groups is 1. The minimum atomic E-state index is -3.24. The molecule has 0 aliphatic rings. The van der Waals surface area contributed by atoms with Crippen LogP contribution in [0.2, 0.25) is 58.9 Å². The summed E-state index contributed by atoms with van der Waals surface area (Å²) in [6, 6.07) is 0. The smallest absolute Gasteiger partial charge is 0.312 e. The molecule has 21 heavy (non-hydrogen) atoms. The van der Waals surface area contributed by atoms with Crippen LogP contribution in [0.4, 0.5) is 0 Å². The first kappa shape index (κ1) is 21.3. The fourth-order valence-electron chi connectivity index (χ4n) is 1.57. The van der Waals surface area contributed by atoms with Crippen LogP contribution in [-0.4, -0.2) is 37.1 Å². The van der Waals surface area contributed by atoms with Gasteiger partial charge in [0.1, 0.15) is 0 Å². The van der Waals surface area contributed by atoms with E-state index in [0.29, 0.717) is 0 Å². The van der Waals surface area contributed by atoms with Crippen molar-refractivity contribution in [1.29, 1.82) is 0 Å². The summed E-state index contributed by atoms with van der Waals surface area (Å²) < 4.78 is 29.9. The van der Waals surface area contributed by atoms with E-state index in [9.17, 15) is 9.36 Å². The number of rotatable bonds is 8. The van der Waals surface area contributed by atoms with Gasteiger partial charge in [0.25, 0.3) is 5.97 Å². The quantitative estimate of drug-likeness (QED) is 0.460. The van der Waals surface area contributed by atoms with Gasteiger partial charge in [-0.3, -0.25) is 9.36 Å². The summed E-state index contributed by atoms with van der Waals surface area (Å²) in [7, 11) is -9.20. The standard InChI is InChI=1S/C12H31O5PSi3/c1-19(2,3)15-12(13)10-11-18(14,16-20(4,5)6)17-21(7,8)9/h10-11H2,1-9H3. The molecule has 0 rings (SSSR count). The number of carbonyl (C=O) groups excluding carboxylic acids is 1. The van der Waals surface area contributed by atoms with Crippen LogP contribution in [0.15, 0.2) is 0 Å². The van der Waals surface area contributed by atoms with E-state index in [1.807, 2.05) is 58.9 Å². The van der Waals surface area contributed by atoms with Gasteiger partial charge in [-0.05, 0) is 58.9 Å². The summed E-state index contributed by atoms with van der Waals surface area (Å²) in [5, 5.41) is 0. The highest BCUT2D eigenvalue weighted by Gasteiger charge is 2.37. The van der Waals surface area contributed by atoms with E-state index in [-0.39, 0.29) is 18.6 Å². The normalized spacial score (nSPS) is 14.1. The highest BCUT2D eigenvalue weighted by atomic mass is 31.2. The Labute approximate surface area is 132 Å². The molecule has 0 atom stereocenters. The molecule has 0 radical (unpaired) electrons. The molecule has 0 aliphatic heterocycles. The zero-order chi connectivity index (χ0) is 17.1. The van der Waals surface area contributed by atoms with Gasteiger partial charge in [0, 0.05) is 0 Å². The maximum atomic E-state index is 12.9. The van der Waals surface area contributed by atoms with Crippen LogP contribution in [-0.2, 0) is 22.2 Å². The van der Waals surface area contributed by atoms with Crippen molar-refractivity contribution in [2.75, 3.05) is 6.16 Å². The maximum absolute atomic E-state index is 12.9. The first-order valence-corrected chi connectivity index (χ1v) is 19.2. The first-order chi connectivity index (χ1) is 9.02. The van der Waals surface area contributed by atoms with Gasteiger partial charge >= 0.3 is 7.60 Å². The minimum absolute atomic E-state index is 0.0799. The van der Waals surface area contributed by atoms with Gasteiger partial charge in [0.05, 0.1) is 12.6 Å². The molecular weight excluding hydrogens is 339 g/mol. The average Bonchev–Trinajstić information content (AvgIpc) is 2.05. The Kier molecular flexibility index (Phi) is 7.32. The van der Waals surface area contributed by atoms with Crippen molar-refractivity contribution in [3.8, 4) is 0 Å². The van der Waals surface area contributed by atoms with Crippen LogP contribution >= 0.6 is 7.60 Å². The molecule has 0 fully saturated rings. The minimum Gasteiger partial charge on any atom is -0.520 e. The van der Waals surface area contributed by atoms with Crippen LogP contribution in [0.5, 0.6) is 0 Å². The summed E-state index contributed by atoms with van der Waals surface area (Å²) in [4.78, 5) is 11.8. The molecular formula is C12H31O5PSi3. The maximum Gasteiger partial charge on any atom is 0.312 e. The molecule has 0 unspecified atom stereocenters. The molecule has 0 bridgehead atoms. The summed E-state index contributed by atoms with van der Waals surface area (Å²) in [6.45, 7) is 17.6. The molecule has 0 saturated carbocycles. The van der Waals surface area contributed by atoms with Crippen molar-refractivity contribution in [2.24, 2.45) is 0 Å². The monoisotopic (exact) mass is 370 g/mol. The van der Waals surface area contributed by atoms with Crippen LogP contribution in [0, 0.1) is 0 Å². The summed E-state index contributed by atoms with van der Waals surface area (Å²) in [5.74, 6) is -0.312. The highest BCUT2D eigenvalue weighted by molar-refractivity contribution is 7.57. The molecule has 0 saturated heterocycles. The molecule has 0 spiro atoms. The van der Waals surface area contributed by atoms with Gasteiger partial charge < -0.3 is 12.9 Å². The third kappa shape index (κ3) is 12.5. The fourth-order valence-corrected chi connectivity index (χ4v) is 10.7. The molecule has 0 amide bonds. The topological polar surface area (TPSA) is 61.8 Å². The third-order valence-corrected chi connectivity index (χ3v) is 10.1. The molecule has 0 aromatic heterocycles. The lowest BCUT2D eigenvalue weighted by atomic mass is 10.5. The molecule has 0 N–H and O–H groups in total. The van der Waals surface area contributed by atoms with Crippen molar-refractivity contribution < 1.29 is 22.2 Å². The molecule has 0 aliphatic carbocycles. The molecule has 126 valence electrons. The summed E-state index contributed by atoms with van der Waals surface area (Å²) in [6.07, 6.45) is 0.182. The lowest BCUT2D eigenvalue weighted by Crippen LogP contribution is -2.32. The Balaban J connectivity index is 4.85. The Morgan fingerprint density at radius 1 is 0.810 bits per heavy atom. The second-order valence-corrected chi connectivity index (χ2v) is 24.1. The summed E-state index contributed by atoms with van der Waals surface area (Å²) >= 11 is 0. The molecule has 9 heteroatoms. The van der Waals surface area contributed by atoms with Crippen molar-refractivity contribution >= 4 is 38.5 Å². The number of hydrogen-bond donors (Lipinski definition) is 0. The van der Waals surface area contributed by atoms with E-state index >= 15 is 0 Å². The van der Waals surface area contributed by atoms with Gasteiger partial charge in [-0.15, -0.1) is 0 Å². The number of hydrogen-bond acceptors (Lipinski definition) is 5. The van der Waals surface area contributed by atoms with Crippen molar-refractivity contribution in [3.63, 3.8) is 0 Å². The van der Waals surface area contributed by atoms with E-state index < -0.39 is 32.5 Å². The average molecular weight is 371 g/mol. The molecule has 0 aromatic rings. The van der Waals surface area contributed by atoms with Crippen molar-refractivity contribution in [3.05, 3.63) is 0 Å². The fraction of sp³-hybridized carbons (Fsp3) is 0.917. The van der Waals surface area contributed by atoms with Crippen LogP contribution in [0.1, 0.15) is 6.42 Å². The third-order valence-electron chi connectivity index (χ3n) is 1.84. The van der Waals surface area contributed by atoms with Gasteiger partial charge in [0.15, 0.2) is 16.6 Å². The lowest BCUT2D eigenvalue weighted by molar-refractivity contribution is -0.134. The van der Waals surface area contributed by atoms with E-state index in [0.717, 1.165) is 0 Å². The zero-order valence-corrected chi connectivity index (χ0v) is 18.8. The lowest BCUT2D eigenvalue weighted by Gasteiger charge is -2.31. The van der Waals surface area contributed by atoms with Crippen molar-refractivity contribution in [2.45, 2.75) is 65.3 Å². The van der Waals surface area contributed by atoms with E-state index in [4.69, 9.17) is 12.9 Å². The van der Waals surface area contributed by atoms with Crippen LogP contribution in [0.25, 0.3) is 0 Å². The van der Waals surface area contributed by atoms with E-state index in [2.05, 4.69) is 0 Å². The van der Waals surface area contributed by atoms with Gasteiger partial charge in [-0.25, -0.2) is 0 Å². The second-order valence-electron chi connectivity index (χ2n) is 8.08.